The predicted molar refractivity (Wildman–Crippen MR) is 108 cm³/mol. The number of amides is 1. The molecular formula is C22H18ClNO4. The highest BCUT2D eigenvalue weighted by molar-refractivity contribution is 6.31. The number of carboxylic acids is 1. The van der Waals surface area contributed by atoms with Gasteiger partial charge >= 0.3 is 5.97 Å². The number of hydrogen-bond donors (Lipinski definition) is 2. The third kappa shape index (κ3) is 5.34. The molecule has 0 radical (unpaired) electrons. The third-order valence-electron chi connectivity index (χ3n) is 3.96. The Morgan fingerprint density at radius 2 is 1.68 bits per heavy atom. The van der Waals surface area contributed by atoms with E-state index in [1.807, 2.05) is 30.3 Å². The Balaban J connectivity index is 1.77. The minimum absolute atomic E-state index is 0.119. The van der Waals surface area contributed by atoms with E-state index in [4.69, 9.17) is 21.4 Å². The molecular weight excluding hydrogens is 378 g/mol. The van der Waals surface area contributed by atoms with Crippen LogP contribution in [0.15, 0.2) is 72.8 Å². The first kappa shape index (κ1) is 19.5. The maximum absolute atomic E-state index is 12.8. The molecule has 0 aromatic heterocycles. The molecule has 0 aliphatic rings. The molecule has 28 heavy (non-hydrogen) atoms. The van der Waals surface area contributed by atoms with E-state index in [9.17, 15) is 9.59 Å². The summed E-state index contributed by atoms with van der Waals surface area (Å²) in [5.41, 5.74) is 2.37. The first-order valence-corrected chi connectivity index (χ1v) is 8.97. The van der Waals surface area contributed by atoms with Crippen molar-refractivity contribution in [1.29, 1.82) is 0 Å². The van der Waals surface area contributed by atoms with Crippen molar-refractivity contribution in [2.45, 2.75) is 13.0 Å². The number of ether oxygens (including phenoxy) is 1. The highest BCUT2D eigenvalue weighted by atomic mass is 35.5. The van der Waals surface area contributed by atoms with Gasteiger partial charge in [0.1, 0.15) is 12.4 Å². The molecule has 0 bridgehead atoms. The molecule has 142 valence electrons. The quantitative estimate of drug-likeness (QED) is 0.602. The molecule has 0 fully saturated rings. The Morgan fingerprint density at radius 3 is 2.43 bits per heavy atom. The maximum atomic E-state index is 12.8. The van der Waals surface area contributed by atoms with Crippen molar-refractivity contribution in [3.05, 3.63) is 94.5 Å². The minimum Gasteiger partial charge on any atom is -0.488 e. The van der Waals surface area contributed by atoms with Crippen molar-refractivity contribution < 1.29 is 19.4 Å². The van der Waals surface area contributed by atoms with Crippen molar-refractivity contribution >= 4 is 29.2 Å². The second-order valence-corrected chi connectivity index (χ2v) is 6.58. The molecule has 6 heteroatoms. The summed E-state index contributed by atoms with van der Waals surface area (Å²) in [6.07, 6.45) is -0.119. The van der Waals surface area contributed by atoms with Gasteiger partial charge in [-0.2, -0.15) is 0 Å². The van der Waals surface area contributed by atoms with E-state index in [1.54, 1.807) is 36.4 Å². The van der Waals surface area contributed by atoms with Crippen molar-refractivity contribution in [2.75, 3.05) is 5.32 Å². The van der Waals surface area contributed by atoms with Crippen LogP contribution in [0.5, 0.6) is 5.75 Å². The lowest BCUT2D eigenvalue weighted by atomic mass is 10.1. The number of nitrogens with one attached hydrogen (secondary N) is 1. The van der Waals surface area contributed by atoms with Gasteiger partial charge < -0.3 is 15.2 Å². The van der Waals surface area contributed by atoms with E-state index < -0.39 is 11.9 Å². The van der Waals surface area contributed by atoms with Crippen molar-refractivity contribution in [1.82, 2.24) is 0 Å². The van der Waals surface area contributed by atoms with Crippen LogP contribution in [0.2, 0.25) is 5.02 Å². The van der Waals surface area contributed by atoms with Crippen LogP contribution in [0, 0.1) is 0 Å². The van der Waals surface area contributed by atoms with Gasteiger partial charge in [0.2, 0.25) is 0 Å². The Hall–Kier alpha value is -3.31. The average molecular weight is 396 g/mol. The fraction of sp³-hybridized carbons (Fsp3) is 0.0909. The molecule has 0 unspecified atom stereocenters. The Labute approximate surface area is 167 Å². The van der Waals surface area contributed by atoms with Gasteiger partial charge in [0.05, 0.1) is 12.0 Å². The predicted octanol–water partition coefficient (Wildman–Crippen LogP) is 4.80. The highest BCUT2D eigenvalue weighted by Gasteiger charge is 2.14. The zero-order valence-electron chi connectivity index (χ0n) is 14.9. The fourth-order valence-electron chi connectivity index (χ4n) is 2.67. The summed E-state index contributed by atoms with van der Waals surface area (Å²) in [4.78, 5) is 23.6. The van der Waals surface area contributed by atoms with Crippen molar-refractivity contribution in [2.24, 2.45) is 0 Å². The Morgan fingerprint density at radius 1 is 0.929 bits per heavy atom. The second-order valence-electron chi connectivity index (χ2n) is 6.14. The van der Waals surface area contributed by atoms with E-state index in [0.29, 0.717) is 34.2 Å². The molecule has 0 heterocycles. The first-order chi connectivity index (χ1) is 13.5. The van der Waals surface area contributed by atoms with Gasteiger partial charge in [-0.15, -0.1) is 0 Å². The molecule has 0 saturated carbocycles. The molecule has 2 N–H and O–H groups in total. The van der Waals surface area contributed by atoms with Gasteiger partial charge in [-0.1, -0.05) is 54.1 Å². The van der Waals surface area contributed by atoms with Gasteiger partial charge in [0.25, 0.3) is 5.91 Å². The van der Waals surface area contributed by atoms with Crippen LogP contribution in [0.3, 0.4) is 0 Å². The second kappa shape index (κ2) is 9.06. The monoisotopic (exact) mass is 395 g/mol. The van der Waals surface area contributed by atoms with Crippen molar-refractivity contribution in [3.8, 4) is 5.75 Å². The van der Waals surface area contributed by atoms with Crippen LogP contribution >= 0.6 is 11.6 Å². The molecule has 5 nitrogen and oxygen atoms in total. The number of benzene rings is 3. The normalized spacial score (nSPS) is 10.3. The van der Waals surface area contributed by atoms with Crippen LogP contribution in [-0.2, 0) is 17.8 Å². The smallest absolute Gasteiger partial charge is 0.307 e. The van der Waals surface area contributed by atoms with E-state index in [0.717, 1.165) is 5.56 Å². The van der Waals surface area contributed by atoms with Crippen LogP contribution in [0.4, 0.5) is 5.69 Å². The van der Waals surface area contributed by atoms with E-state index in [-0.39, 0.29) is 6.42 Å². The molecule has 1 amide bonds. The molecule has 0 spiro atoms. The lowest BCUT2D eigenvalue weighted by Gasteiger charge is -2.13. The number of halogens is 1. The summed E-state index contributed by atoms with van der Waals surface area (Å²) in [5.74, 6) is -0.916. The number of carbonyl (C=O) groups excluding carboxylic acids is 1. The highest BCUT2D eigenvalue weighted by Crippen LogP contribution is 2.25. The van der Waals surface area contributed by atoms with Crippen LogP contribution in [0.25, 0.3) is 0 Å². The molecule has 0 aliphatic heterocycles. The van der Waals surface area contributed by atoms with Gasteiger partial charge in [-0.25, -0.2) is 0 Å². The number of rotatable bonds is 7. The number of hydrogen-bond acceptors (Lipinski definition) is 3. The summed E-state index contributed by atoms with van der Waals surface area (Å²) >= 11 is 6.06. The lowest BCUT2D eigenvalue weighted by Crippen LogP contribution is -2.14. The minimum atomic E-state index is -0.935. The number of carboxylic acid groups (broad SMARTS) is 1. The first-order valence-electron chi connectivity index (χ1n) is 8.59. The van der Waals surface area contributed by atoms with Gasteiger partial charge in [0, 0.05) is 10.7 Å². The standard InChI is InChI=1S/C22H18ClNO4/c23-17-9-10-20(28-14-15-5-2-1-3-6-15)19(13-17)22(27)24-18-8-4-7-16(11-18)12-21(25)26/h1-11,13H,12,14H2,(H,24,27)(H,25,26). The third-order valence-corrected chi connectivity index (χ3v) is 4.20. The summed E-state index contributed by atoms with van der Waals surface area (Å²) in [7, 11) is 0. The Kier molecular flexibility index (Phi) is 6.29. The van der Waals surface area contributed by atoms with Gasteiger partial charge in [0.15, 0.2) is 0 Å². The summed E-state index contributed by atoms with van der Waals surface area (Å²) < 4.78 is 5.82. The Bertz CT molecular complexity index is 989. The number of carbonyl (C=O) groups is 2. The van der Waals surface area contributed by atoms with Gasteiger partial charge in [-0.3, -0.25) is 9.59 Å². The van der Waals surface area contributed by atoms with Crippen molar-refractivity contribution in [3.63, 3.8) is 0 Å². The SMILES string of the molecule is O=C(O)Cc1cccc(NC(=O)c2cc(Cl)ccc2OCc2ccccc2)c1. The molecule has 3 aromatic carbocycles. The average Bonchev–Trinajstić information content (AvgIpc) is 2.67. The largest absolute Gasteiger partial charge is 0.488 e. The fourth-order valence-corrected chi connectivity index (χ4v) is 2.85. The summed E-state index contributed by atoms with van der Waals surface area (Å²) in [5, 5.41) is 12.1. The van der Waals surface area contributed by atoms with E-state index >= 15 is 0 Å². The van der Waals surface area contributed by atoms with Crippen LogP contribution < -0.4 is 10.1 Å². The van der Waals surface area contributed by atoms with E-state index in [2.05, 4.69) is 5.32 Å². The zero-order valence-corrected chi connectivity index (χ0v) is 15.6. The lowest BCUT2D eigenvalue weighted by molar-refractivity contribution is -0.136. The maximum Gasteiger partial charge on any atom is 0.307 e. The van der Waals surface area contributed by atoms with Crippen LogP contribution in [0.1, 0.15) is 21.5 Å². The van der Waals surface area contributed by atoms with Gasteiger partial charge in [-0.05, 0) is 41.5 Å². The molecule has 3 aromatic rings. The molecule has 0 saturated heterocycles. The number of anilines is 1. The topological polar surface area (TPSA) is 75.6 Å². The van der Waals surface area contributed by atoms with Crippen LogP contribution in [-0.4, -0.2) is 17.0 Å². The zero-order chi connectivity index (χ0) is 19.9. The molecule has 3 rings (SSSR count). The van der Waals surface area contributed by atoms with E-state index in [1.165, 1.54) is 6.07 Å². The number of aliphatic carboxylic acids is 1. The molecule has 0 atom stereocenters. The summed E-state index contributed by atoms with van der Waals surface area (Å²) in [6, 6.07) is 21.2. The molecule has 0 aliphatic carbocycles. The summed E-state index contributed by atoms with van der Waals surface area (Å²) in [6.45, 7) is 0.316.